The van der Waals surface area contributed by atoms with E-state index in [0.717, 1.165) is 55.6 Å². The summed E-state index contributed by atoms with van der Waals surface area (Å²) < 4.78 is 5.38. The van der Waals surface area contributed by atoms with Gasteiger partial charge in [-0.1, -0.05) is 13.0 Å². The van der Waals surface area contributed by atoms with Gasteiger partial charge in [-0.3, -0.25) is 14.5 Å². The van der Waals surface area contributed by atoms with E-state index in [4.69, 9.17) is 4.74 Å². The van der Waals surface area contributed by atoms with E-state index in [-0.39, 0.29) is 29.8 Å². The summed E-state index contributed by atoms with van der Waals surface area (Å²) in [5, 5.41) is 6.61. The van der Waals surface area contributed by atoms with Gasteiger partial charge in [0.15, 0.2) is 0 Å². The van der Waals surface area contributed by atoms with Crippen LogP contribution in [-0.2, 0) is 9.53 Å². The van der Waals surface area contributed by atoms with Crippen molar-refractivity contribution >= 4 is 23.3 Å². The fourth-order valence-electron chi connectivity index (χ4n) is 4.88. The van der Waals surface area contributed by atoms with Gasteiger partial charge in [-0.25, -0.2) is 4.98 Å². The molecule has 3 heterocycles. The minimum atomic E-state index is -0.107. The molecule has 0 bridgehead atoms. The van der Waals surface area contributed by atoms with E-state index in [1.54, 1.807) is 6.92 Å². The van der Waals surface area contributed by atoms with Crippen LogP contribution in [0.15, 0.2) is 36.4 Å². The molecule has 2 aromatic rings. The minimum absolute atomic E-state index is 0.000471. The number of nitrogens with one attached hydrogen (secondary N) is 2. The summed E-state index contributed by atoms with van der Waals surface area (Å²) in [5.41, 5.74) is 3.30. The van der Waals surface area contributed by atoms with Crippen LogP contribution in [0.3, 0.4) is 0 Å². The Kier molecular flexibility index (Phi) is 7.48. The number of carbonyl (C=O) groups is 2. The first-order valence-corrected chi connectivity index (χ1v) is 12.1. The molecule has 1 fully saturated rings. The number of rotatable bonds is 6. The molecular formula is C26H35N5O3. The number of carbonyl (C=O) groups excluding carboxylic acids is 2. The fraction of sp³-hybridized carbons (Fsp3) is 0.500. The zero-order valence-electron chi connectivity index (χ0n) is 20.5. The maximum absolute atomic E-state index is 13.0. The van der Waals surface area contributed by atoms with E-state index in [1.165, 1.54) is 0 Å². The maximum Gasteiger partial charge on any atom is 0.251 e. The van der Waals surface area contributed by atoms with Crippen LogP contribution < -0.4 is 15.5 Å². The lowest BCUT2D eigenvalue weighted by Crippen LogP contribution is -2.48. The van der Waals surface area contributed by atoms with E-state index in [1.807, 2.05) is 48.2 Å². The molecule has 1 aromatic carbocycles. The van der Waals surface area contributed by atoms with Crippen LogP contribution in [0.1, 0.15) is 48.4 Å². The number of aromatic nitrogens is 1. The lowest BCUT2D eigenvalue weighted by atomic mass is 9.82. The highest BCUT2D eigenvalue weighted by atomic mass is 16.5. The van der Waals surface area contributed by atoms with Gasteiger partial charge in [0, 0.05) is 62.0 Å². The molecule has 1 aromatic heterocycles. The second kappa shape index (κ2) is 10.5. The largest absolute Gasteiger partial charge is 0.379 e. The van der Waals surface area contributed by atoms with E-state index < -0.39 is 0 Å². The van der Waals surface area contributed by atoms with Crippen LogP contribution in [0.25, 0.3) is 0 Å². The van der Waals surface area contributed by atoms with Crippen molar-refractivity contribution < 1.29 is 14.3 Å². The molecule has 2 aliphatic heterocycles. The Morgan fingerprint density at radius 1 is 1.15 bits per heavy atom. The number of hydrogen-bond acceptors (Lipinski definition) is 6. The lowest BCUT2D eigenvalue weighted by molar-refractivity contribution is -0.117. The number of pyridine rings is 1. The average molecular weight is 466 g/mol. The van der Waals surface area contributed by atoms with Gasteiger partial charge >= 0.3 is 0 Å². The lowest BCUT2D eigenvalue weighted by Gasteiger charge is -2.44. The predicted molar refractivity (Wildman–Crippen MR) is 133 cm³/mol. The second-order valence-electron chi connectivity index (χ2n) is 9.26. The maximum atomic E-state index is 13.0. The zero-order valence-corrected chi connectivity index (χ0v) is 20.5. The van der Waals surface area contributed by atoms with Gasteiger partial charge in [0.25, 0.3) is 5.91 Å². The average Bonchev–Trinajstić information content (AvgIpc) is 2.82. The van der Waals surface area contributed by atoms with Crippen molar-refractivity contribution in [3.63, 3.8) is 0 Å². The number of nitrogens with zero attached hydrogens (tertiary/aromatic N) is 3. The molecule has 1 saturated heterocycles. The van der Waals surface area contributed by atoms with E-state index >= 15 is 0 Å². The Balaban J connectivity index is 1.58. The van der Waals surface area contributed by atoms with E-state index in [9.17, 15) is 9.59 Å². The third-order valence-electron chi connectivity index (χ3n) is 6.93. The molecule has 3 atom stereocenters. The number of anilines is 2. The predicted octanol–water partition coefficient (Wildman–Crippen LogP) is 3.00. The van der Waals surface area contributed by atoms with Crippen LogP contribution in [0.2, 0.25) is 0 Å². The molecule has 0 aliphatic carbocycles. The van der Waals surface area contributed by atoms with E-state index in [2.05, 4.69) is 34.4 Å². The highest BCUT2D eigenvalue weighted by Crippen LogP contribution is 2.42. The number of hydrogen-bond donors (Lipinski definition) is 2. The third kappa shape index (κ3) is 5.23. The second-order valence-corrected chi connectivity index (χ2v) is 9.26. The molecule has 0 spiro atoms. The van der Waals surface area contributed by atoms with Gasteiger partial charge in [-0.15, -0.1) is 0 Å². The number of fused-ring (bicyclic) bond motifs is 1. The molecule has 34 heavy (non-hydrogen) atoms. The number of aryl methyl sites for hydroxylation is 1. The molecule has 0 radical (unpaired) electrons. The summed E-state index contributed by atoms with van der Waals surface area (Å²) in [5.74, 6) is 0.782. The van der Waals surface area contributed by atoms with Crippen molar-refractivity contribution in [1.82, 2.24) is 15.2 Å². The monoisotopic (exact) mass is 465 g/mol. The highest BCUT2D eigenvalue weighted by Gasteiger charge is 2.38. The standard InChI is InChI=1S/C26H35N5O3/c1-17-6-5-7-24(28-17)29-25-18(2)19(3)31(20(4)32)23-9-8-21(16-22(23)25)26(33)27-10-11-30-12-14-34-15-13-30/h5-9,16,18-19,25H,10-15H2,1-4H3,(H,27,33)(H,28,29)/t18?,19-,25+/m0/s1. The molecular weight excluding hydrogens is 430 g/mol. The summed E-state index contributed by atoms with van der Waals surface area (Å²) in [7, 11) is 0. The van der Waals surface area contributed by atoms with Gasteiger partial charge in [-0.2, -0.15) is 0 Å². The molecule has 1 unspecified atom stereocenters. The first-order valence-electron chi connectivity index (χ1n) is 12.1. The number of amides is 2. The van der Waals surface area contributed by atoms with Gasteiger partial charge in [-0.05, 0) is 49.7 Å². The van der Waals surface area contributed by atoms with Crippen LogP contribution in [0.5, 0.6) is 0 Å². The van der Waals surface area contributed by atoms with Crippen LogP contribution in [0, 0.1) is 12.8 Å². The number of benzene rings is 1. The quantitative estimate of drug-likeness (QED) is 0.682. The Labute approximate surface area is 201 Å². The molecule has 2 N–H and O–H groups in total. The van der Waals surface area contributed by atoms with Crippen molar-refractivity contribution in [2.45, 2.75) is 39.8 Å². The normalized spacial score (nSPS) is 22.7. The van der Waals surface area contributed by atoms with Gasteiger partial charge in [0.2, 0.25) is 5.91 Å². The first kappa shape index (κ1) is 24.2. The van der Waals surface area contributed by atoms with Gasteiger partial charge in [0.1, 0.15) is 5.82 Å². The number of morpholine rings is 1. The third-order valence-corrected chi connectivity index (χ3v) is 6.93. The molecule has 2 aliphatic rings. The van der Waals surface area contributed by atoms with Crippen molar-refractivity contribution in [1.29, 1.82) is 0 Å². The summed E-state index contributed by atoms with van der Waals surface area (Å²) in [6, 6.07) is 11.4. The molecule has 4 rings (SSSR count). The van der Waals surface area contributed by atoms with Crippen molar-refractivity contribution in [3.8, 4) is 0 Å². The molecule has 2 amide bonds. The highest BCUT2D eigenvalue weighted by molar-refractivity contribution is 5.98. The van der Waals surface area contributed by atoms with Crippen LogP contribution in [0.4, 0.5) is 11.5 Å². The van der Waals surface area contributed by atoms with Crippen LogP contribution >= 0.6 is 0 Å². The fourth-order valence-corrected chi connectivity index (χ4v) is 4.88. The summed E-state index contributed by atoms with van der Waals surface area (Å²) >= 11 is 0. The van der Waals surface area contributed by atoms with Gasteiger partial charge in [0.05, 0.1) is 19.3 Å². The molecule has 0 saturated carbocycles. The van der Waals surface area contributed by atoms with Crippen molar-refractivity contribution in [2.75, 3.05) is 49.6 Å². The Bertz CT molecular complexity index is 1040. The van der Waals surface area contributed by atoms with Gasteiger partial charge < -0.3 is 20.3 Å². The zero-order chi connectivity index (χ0) is 24.2. The summed E-state index contributed by atoms with van der Waals surface area (Å²) in [6.45, 7) is 12.4. The molecule has 8 nitrogen and oxygen atoms in total. The van der Waals surface area contributed by atoms with Crippen LogP contribution in [-0.4, -0.2) is 67.1 Å². The Hall–Kier alpha value is -2.97. The first-order chi connectivity index (χ1) is 16.3. The summed E-state index contributed by atoms with van der Waals surface area (Å²) in [6.07, 6.45) is 0. The van der Waals surface area contributed by atoms with Crippen molar-refractivity contribution in [2.24, 2.45) is 5.92 Å². The molecule has 182 valence electrons. The Morgan fingerprint density at radius 2 is 1.91 bits per heavy atom. The topological polar surface area (TPSA) is 86.8 Å². The van der Waals surface area contributed by atoms with Crippen molar-refractivity contribution in [3.05, 3.63) is 53.2 Å². The number of ether oxygens (including phenoxy) is 1. The smallest absolute Gasteiger partial charge is 0.251 e. The van der Waals surface area contributed by atoms with E-state index in [0.29, 0.717) is 12.1 Å². The Morgan fingerprint density at radius 3 is 2.62 bits per heavy atom. The molecule has 8 heteroatoms. The summed E-state index contributed by atoms with van der Waals surface area (Å²) in [4.78, 5) is 34.3. The SMILES string of the molecule is CC(=O)N1c2ccc(C(=O)NCCN3CCOCC3)cc2[C@H](Nc2cccc(C)n2)C(C)[C@@H]1C. The minimum Gasteiger partial charge on any atom is -0.379 e.